The fourth-order valence-electron chi connectivity index (χ4n) is 2.26. The Bertz CT molecular complexity index is 566. The van der Waals surface area contributed by atoms with Crippen molar-refractivity contribution in [3.05, 3.63) is 36.7 Å². The molecule has 0 amide bonds. The molecule has 1 saturated heterocycles. The Morgan fingerprint density at radius 3 is 2.75 bits per heavy atom. The second-order valence-corrected chi connectivity index (χ2v) is 4.93. The number of benzene rings is 1. The Balaban J connectivity index is 1.66. The van der Waals surface area contributed by atoms with Crippen molar-refractivity contribution in [2.75, 3.05) is 19.7 Å². The molecule has 0 radical (unpaired) electrons. The number of phenolic OH excluding ortho intramolecular Hbond substituents is 1. The molecule has 1 aliphatic heterocycles. The van der Waals surface area contributed by atoms with Crippen LogP contribution in [0.3, 0.4) is 0 Å². The lowest BCUT2D eigenvalue weighted by molar-refractivity contribution is 0.258. The lowest BCUT2D eigenvalue weighted by Gasteiger charge is -2.10. The van der Waals surface area contributed by atoms with Crippen LogP contribution in [0.4, 0.5) is 0 Å². The average molecular weight is 271 g/mol. The molecule has 1 aromatic heterocycles. The van der Waals surface area contributed by atoms with Crippen LogP contribution >= 0.6 is 0 Å². The number of ether oxygens (including phenoxy) is 1. The summed E-state index contributed by atoms with van der Waals surface area (Å²) in [7, 11) is 0. The molecule has 1 aromatic carbocycles. The highest BCUT2D eigenvalue weighted by molar-refractivity contribution is 5.63. The summed E-state index contributed by atoms with van der Waals surface area (Å²) < 4.78 is 5.68. The Morgan fingerprint density at radius 2 is 2.05 bits per heavy atom. The van der Waals surface area contributed by atoms with Crippen LogP contribution in [0.15, 0.2) is 36.7 Å². The minimum Gasteiger partial charge on any atom is -0.507 e. The van der Waals surface area contributed by atoms with E-state index in [0.717, 1.165) is 19.5 Å². The second kappa shape index (κ2) is 5.88. The molecule has 2 N–H and O–H groups in total. The molecule has 0 spiro atoms. The zero-order valence-corrected chi connectivity index (χ0v) is 11.1. The van der Waals surface area contributed by atoms with Crippen molar-refractivity contribution in [2.45, 2.75) is 6.42 Å². The van der Waals surface area contributed by atoms with E-state index in [4.69, 9.17) is 4.74 Å². The van der Waals surface area contributed by atoms with Crippen LogP contribution in [-0.4, -0.2) is 34.8 Å². The van der Waals surface area contributed by atoms with Gasteiger partial charge in [-0.15, -0.1) is 0 Å². The van der Waals surface area contributed by atoms with Crippen LogP contribution in [0.25, 0.3) is 11.4 Å². The molecule has 2 heterocycles. The molecular formula is C15H17N3O2. The molecule has 1 atom stereocenters. The van der Waals surface area contributed by atoms with Gasteiger partial charge in [0.2, 0.25) is 0 Å². The molecule has 1 unspecified atom stereocenters. The Hall–Kier alpha value is -2.14. The quantitative estimate of drug-likeness (QED) is 0.888. The van der Waals surface area contributed by atoms with Crippen LogP contribution in [0.5, 0.6) is 11.5 Å². The van der Waals surface area contributed by atoms with Crippen molar-refractivity contribution < 1.29 is 9.84 Å². The molecule has 0 saturated carbocycles. The first kappa shape index (κ1) is 12.9. The third kappa shape index (κ3) is 2.88. The van der Waals surface area contributed by atoms with Gasteiger partial charge in [-0.05, 0) is 25.1 Å². The van der Waals surface area contributed by atoms with Crippen molar-refractivity contribution in [3.63, 3.8) is 0 Å². The van der Waals surface area contributed by atoms with Crippen LogP contribution < -0.4 is 10.1 Å². The van der Waals surface area contributed by atoms with Gasteiger partial charge in [-0.2, -0.15) is 0 Å². The maximum absolute atomic E-state index is 9.76. The normalized spacial score (nSPS) is 18.1. The predicted molar refractivity (Wildman–Crippen MR) is 75.6 cm³/mol. The summed E-state index contributed by atoms with van der Waals surface area (Å²) in [5.41, 5.74) is 0.624. The number of nitrogens with one attached hydrogen (secondary N) is 1. The van der Waals surface area contributed by atoms with Gasteiger partial charge in [-0.3, -0.25) is 0 Å². The molecule has 0 aliphatic carbocycles. The van der Waals surface area contributed by atoms with Crippen molar-refractivity contribution in [2.24, 2.45) is 5.92 Å². The maximum Gasteiger partial charge on any atom is 0.163 e. The molecule has 5 heteroatoms. The number of rotatable bonds is 4. The van der Waals surface area contributed by atoms with Crippen molar-refractivity contribution in [1.29, 1.82) is 0 Å². The van der Waals surface area contributed by atoms with Crippen LogP contribution in [0.1, 0.15) is 6.42 Å². The molecule has 1 aliphatic rings. The molecule has 3 rings (SSSR count). The van der Waals surface area contributed by atoms with Crippen molar-refractivity contribution >= 4 is 0 Å². The van der Waals surface area contributed by atoms with Gasteiger partial charge in [0, 0.05) is 12.5 Å². The molecule has 5 nitrogen and oxygen atoms in total. The first-order valence-corrected chi connectivity index (χ1v) is 6.77. The fourth-order valence-corrected chi connectivity index (χ4v) is 2.26. The largest absolute Gasteiger partial charge is 0.507 e. The summed E-state index contributed by atoms with van der Waals surface area (Å²) in [6, 6.07) is 7.02. The van der Waals surface area contributed by atoms with Crippen molar-refractivity contribution in [1.82, 2.24) is 15.3 Å². The number of phenols is 1. The summed E-state index contributed by atoms with van der Waals surface area (Å²) >= 11 is 0. The molecule has 1 fully saturated rings. The molecule has 2 aromatic rings. The zero-order valence-electron chi connectivity index (χ0n) is 11.1. The zero-order chi connectivity index (χ0) is 13.8. The first-order valence-electron chi connectivity index (χ1n) is 6.77. The highest BCUT2D eigenvalue weighted by atomic mass is 16.5. The van der Waals surface area contributed by atoms with E-state index >= 15 is 0 Å². The Kier molecular flexibility index (Phi) is 3.78. The molecular weight excluding hydrogens is 254 g/mol. The standard InChI is InChI=1S/C15H17N3O2/c19-14-4-2-1-3-13(14)15-17-8-12(9-18-15)20-10-11-5-6-16-7-11/h1-4,8-9,11,16,19H,5-7,10H2. The lowest BCUT2D eigenvalue weighted by Crippen LogP contribution is -2.15. The number of aromatic hydroxyl groups is 1. The SMILES string of the molecule is Oc1ccccc1-c1ncc(OCC2CCNC2)cn1. The summed E-state index contributed by atoms with van der Waals surface area (Å²) in [4.78, 5) is 8.49. The number of hydrogen-bond donors (Lipinski definition) is 2. The summed E-state index contributed by atoms with van der Waals surface area (Å²) in [5, 5.41) is 13.1. The highest BCUT2D eigenvalue weighted by Crippen LogP contribution is 2.25. The minimum atomic E-state index is 0.179. The second-order valence-electron chi connectivity index (χ2n) is 4.93. The van der Waals surface area contributed by atoms with E-state index in [9.17, 15) is 5.11 Å². The van der Waals surface area contributed by atoms with E-state index in [2.05, 4.69) is 15.3 Å². The molecule has 104 valence electrons. The van der Waals surface area contributed by atoms with Gasteiger partial charge in [0.25, 0.3) is 0 Å². The summed E-state index contributed by atoms with van der Waals surface area (Å²) in [5.74, 6) is 1.90. The van der Waals surface area contributed by atoms with E-state index in [1.165, 1.54) is 0 Å². The number of aromatic nitrogens is 2. The fraction of sp³-hybridized carbons (Fsp3) is 0.333. The van der Waals surface area contributed by atoms with Crippen LogP contribution in [0.2, 0.25) is 0 Å². The average Bonchev–Trinajstić information content (AvgIpc) is 3.00. The van der Waals surface area contributed by atoms with Crippen LogP contribution in [-0.2, 0) is 0 Å². The summed E-state index contributed by atoms with van der Waals surface area (Å²) in [6.45, 7) is 2.76. The topological polar surface area (TPSA) is 67.3 Å². The van der Waals surface area contributed by atoms with E-state index in [0.29, 0.717) is 29.7 Å². The summed E-state index contributed by atoms with van der Waals surface area (Å²) in [6.07, 6.45) is 4.45. The van der Waals surface area contributed by atoms with Gasteiger partial charge < -0.3 is 15.2 Å². The highest BCUT2D eigenvalue weighted by Gasteiger charge is 2.15. The predicted octanol–water partition coefficient (Wildman–Crippen LogP) is 1.84. The van der Waals surface area contributed by atoms with Gasteiger partial charge >= 0.3 is 0 Å². The molecule has 20 heavy (non-hydrogen) atoms. The molecule has 0 bridgehead atoms. The van der Waals surface area contributed by atoms with Crippen LogP contribution in [0, 0.1) is 5.92 Å². The van der Waals surface area contributed by atoms with Gasteiger partial charge in [-0.25, -0.2) is 9.97 Å². The van der Waals surface area contributed by atoms with E-state index in [-0.39, 0.29) is 5.75 Å². The Labute approximate surface area is 117 Å². The minimum absolute atomic E-state index is 0.179. The van der Waals surface area contributed by atoms with E-state index < -0.39 is 0 Å². The Morgan fingerprint density at radius 1 is 1.25 bits per heavy atom. The number of hydrogen-bond acceptors (Lipinski definition) is 5. The monoisotopic (exact) mass is 271 g/mol. The number of para-hydroxylation sites is 1. The third-order valence-corrected chi connectivity index (χ3v) is 3.42. The lowest BCUT2D eigenvalue weighted by atomic mass is 10.1. The van der Waals surface area contributed by atoms with E-state index in [1.807, 2.05) is 6.07 Å². The smallest absolute Gasteiger partial charge is 0.163 e. The van der Waals surface area contributed by atoms with E-state index in [1.54, 1.807) is 30.6 Å². The van der Waals surface area contributed by atoms with Gasteiger partial charge in [0.05, 0.1) is 24.6 Å². The van der Waals surface area contributed by atoms with Gasteiger partial charge in [0.1, 0.15) is 5.75 Å². The maximum atomic E-state index is 9.76. The van der Waals surface area contributed by atoms with Crippen molar-refractivity contribution in [3.8, 4) is 22.9 Å². The van der Waals surface area contributed by atoms with Gasteiger partial charge in [0.15, 0.2) is 11.6 Å². The van der Waals surface area contributed by atoms with Gasteiger partial charge in [-0.1, -0.05) is 12.1 Å². The first-order chi connectivity index (χ1) is 9.83. The third-order valence-electron chi connectivity index (χ3n) is 3.42. The number of nitrogens with zero attached hydrogens (tertiary/aromatic N) is 2.